The first kappa shape index (κ1) is 13.9. The number of anilines is 1. The van der Waals surface area contributed by atoms with Gasteiger partial charge >= 0.3 is 6.01 Å². The predicted molar refractivity (Wildman–Crippen MR) is 72.7 cm³/mol. The van der Waals surface area contributed by atoms with Crippen molar-refractivity contribution in [3.8, 4) is 11.8 Å². The summed E-state index contributed by atoms with van der Waals surface area (Å²) in [6, 6.07) is 2.72. The summed E-state index contributed by atoms with van der Waals surface area (Å²) < 4.78 is 31.9. The van der Waals surface area contributed by atoms with Gasteiger partial charge in [-0.2, -0.15) is 15.0 Å². The Morgan fingerprint density at radius 2 is 1.86 bits per heavy atom. The molecule has 0 saturated carbocycles. The molecule has 110 valence electrons. The number of aromatic nitrogens is 3. The highest BCUT2D eigenvalue weighted by Crippen LogP contribution is 2.25. The minimum absolute atomic E-state index is 0.0567. The molecule has 0 amide bonds. The third kappa shape index (κ3) is 3.18. The molecule has 0 atom stereocenters. The van der Waals surface area contributed by atoms with E-state index in [1.54, 1.807) is 0 Å². The predicted octanol–water partition coefficient (Wildman–Crippen LogP) is 3.20. The monoisotopic (exact) mass is 312 g/mol. The van der Waals surface area contributed by atoms with Crippen LogP contribution in [-0.2, 0) is 0 Å². The van der Waals surface area contributed by atoms with Gasteiger partial charge in [-0.1, -0.05) is 0 Å². The van der Waals surface area contributed by atoms with Gasteiger partial charge in [0.05, 0.1) is 0 Å². The average molecular weight is 313 g/mol. The summed E-state index contributed by atoms with van der Waals surface area (Å²) in [6.45, 7) is 1.63. The van der Waals surface area contributed by atoms with Crippen LogP contribution in [0.3, 0.4) is 0 Å². The van der Waals surface area contributed by atoms with Gasteiger partial charge in [0.2, 0.25) is 11.2 Å². The summed E-state index contributed by atoms with van der Waals surface area (Å²) in [6.07, 6.45) is 2.08. The maximum atomic E-state index is 13.6. The van der Waals surface area contributed by atoms with E-state index in [2.05, 4.69) is 15.0 Å². The van der Waals surface area contributed by atoms with Gasteiger partial charge in [0.25, 0.3) is 0 Å². The lowest BCUT2D eigenvalue weighted by Crippen LogP contribution is -2.21. The van der Waals surface area contributed by atoms with E-state index in [1.165, 1.54) is 0 Å². The van der Waals surface area contributed by atoms with Crippen LogP contribution >= 0.6 is 11.6 Å². The van der Waals surface area contributed by atoms with E-state index >= 15 is 0 Å². The molecule has 0 spiro atoms. The highest BCUT2D eigenvalue weighted by Gasteiger charge is 2.18. The summed E-state index contributed by atoms with van der Waals surface area (Å²) in [4.78, 5) is 13.8. The molecule has 0 N–H and O–H groups in total. The fourth-order valence-electron chi connectivity index (χ4n) is 2.08. The van der Waals surface area contributed by atoms with Crippen molar-refractivity contribution in [1.29, 1.82) is 0 Å². The van der Waals surface area contributed by atoms with E-state index in [1.807, 2.05) is 4.90 Å². The van der Waals surface area contributed by atoms with Crippen molar-refractivity contribution in [3.05, 3.63) is 35.1 Å². The van der Waals surface area contributed by atoms with Crippen molar-refractivity contribution >= 4 is 17.5 Å². The Labute approximate surface area is 124 Å². The van der Waals surface area contributed by atoms with Crippen LogP contribution in [0.4, 0.5) is 14.7 Å². The second-order valence-electron chi connectivity index (χ2n) is 4.56. The molecule has 0 radical (unpaired) electrons. The first-order chi connectivity index (χ1) is 10.1. The van der Waals surface area contributed by atoms with Crippen LogP contribution in [-0.4, -0.2) is 28.0 Å². The summed E-state index contributed by atoms with van der Waals surface area (Å²) in [5, 5.41) is -0.0567. The van der Waals surface area contributed by atoms with Gasteiger partial charge in [-0.15, -0.1) is 0 Å². The second-order valence-corrected chi connectivity index (χ2v) is 4.90. The van der Waals surface area contributed by atoms with E-state index in [4.69, 9.17) is 16.3 Å². The van der Waals surface area contributed by atoms with E-state index in [-0.39, 0.29) is 17.0 Å². The Morgan fingerprint density at radius 3 is 2.62 bits per heavy atom. The van der Waals surface area contributed by atoms with Crippen LogP contribution in [0.2, 0.25) is 5.28 Å². The minimum atomic E-state index is -0.712. The van der Waals surface area contributed by atoms with Crippen molar-refractivity contribution in [1.82, 2.24) is 15.0 Å². The summed E-state index contributed by atoms with van der Waals surface area (Å²) in [5.74, 6) is -1.26. The minimum Gasteiger partial charge on any atom is -0.421 e. The highest BCUT2D eigenvalue weighted by molar-refractivity contribution is 6.28. The molecule has 1 saturated heterocycles. The Morgan fingerprint density at radius 1 is 1.10 bits per heavy atom. The van der Waals surface area contributed by atoms with Crippen LogP contribution in [0.5, 0.6) is 11.8 Å². The van der Waals surface area contributed by atoms with Crippen LogP contribution in [0, 0.1) is 11.6 Å². The zero-order chi connectivity index (χ0) is 14.8. The summed E-state index contributed by atoms with van der Waals surface area (Å²) in [7, 11) is 0. The molecule has 1 aliphatic heterocycles. The lowest BCUT2D eigenvalue weighted by Gasteiger charge is -2.15. The molecule has 0 bridgehead atoms. The molecule has 1 aromatic heterocycles. The van der Waals surface area contributed by atoms with Gasteiger partial charge in [0, 0.05) is 19.2 Å². The van der Waals surface area contributed by atoms with E-state index in [0.29, 0.717) is 5.95 Å². The number of halogens is 3. The summed E-state index contributed by atoms with van der Waals surface area (Å²) >= 11 is 5.83. The maximum Gasteiger partial charge on any atom is 0.328 e. The largest absolute Gasteiger partial charge is 0.421 e. The van der Waals surface area contributed by atoms with Crippen molar-refractivity contribution in [2.45, 2.75) is 12.8 Å². The second kappa shape index (κ2) is 5.77. The molecule has 0 unspecified atom stereocenters. The molecular weight excluding hydrogens is 302 g/mol. The SMILES string of the molecule is Fc1ccc(F)c(Oc2nc(Cl)nc(N3CCCC3)n2)c1. The number of benzene rings is 1. The molecule has 2 aromatic rings. The third-order valence-electron chi connectivity index (χ3n) is 3.06. The lowest BCUT2D eigenvalue weighted by atomic mass is 10.3. The van der Waals surface area contributed by atoms with Crippen molar-refractivity contribution in [2.24, 2.45) is 0 Å². The van der Waals surface area contributed by atoms with Gasteiger partial charge in [-0.3, -0.25) is 0 Å². The first-order valence-corrected chi connectivity index (χ1v) is 6.79. The zero-order valence-electron chi connectivity index (χ0n) is 10.9. The normalized spacial score (nSPS) is 14.5. The number of ether oxygens (including phenoxy) is 1. The maximum absolute atomic E-state index is 13.6. The van der Waals surface area contributed by atoms with Crippen LogP contribution < -0.4 is 9.64 Å². The molecule has 1 fully saturated rings. The molecule has 0 aliphatic carbocycles. The van der Waals surface area contributed by atoms with E-state index < -0.39 is 11.6 Å². The van der Waals surface area contributed by atoms with Crippen molar-refractivity contribution in [2.75, 3.05) is 18.0 Å². The Kier molecular flexibility index (Phi) is 3.83. The lowest BCUT2D eigenvalue weighted by molar-refractivity contribution is 0.405. The Bertz CT molecular complexity index is 665. The number of hydrogen-bond donors (Lipinski definition) is 0. The molecule has 3 rings (SSSR count). The number of hydrogen-bond acceptors (Lipinski definition) is 5. The fraction of sp³-hybridized carbons (Fsp3) is 0.308. The zero-order valence-corrected chi connectivity index (χ0v) is 11.6. The van der Waals surface area contributed by atoms with Gasteiger partial charge in [-0.05, 0) is 36.6 Å². The molecule has 5 nitrogen and oxygen atoms in total. The highest BCUT2D eigenvalue weighted by atomic mass is 35.5. The van der Waals surface area contributed by atoms with Crippen molar-refractivity contribution in [3.63, 3.8) is 0 Å². The average Bonchev–Trinajstić information content (AvgIpc) is 2.96. The smallest absolute Gasteiger partial charge is 0.328 e. The quantitative estimate of drug-likeness (QED) is 0.871. The van der Waals surface area contributed by atoms with Gasteiger partial charge in [0.15, 0.2) is 11.6 Å². The number of rotatable bonds is 3. The standard InChI is InChI=1S/C13H11ClF2N4O/c14-11-17-12(20-5-1-2-6-20)19-13(18-11)21-10-7-8(15)3-4-9(10)16/h3-4,7H,1-2,5-6H2. The molecule has 1 aliphatic rings. The van der Waals surface area contributed by atoms with Crippen LogP contribution in [0.1, 0.15) is 12.8 Å². The van der Waals surface area contributed by atoms with Crippen LogP contribution in [0.25, 0.3) is 0 Å². The number of nitrogens with zero attached hydrogens (tertiary/aromatic N) is 4. The van der Waals surface area contributed by atoms with Gasteiger partial charge in [0.1, 0.15) is 5.82 Å². The van der Waals surface area contributed by atoms with Gasteiger partial charge < -0.3 is 9.64 Å². The Balaban J connectivity index is 1.89. The topological polar surface area (TPSA) is 51.1 Å². The molecule has 8 heteroatoms. The first-order valence-electron chi connectivity index (χ1n) is 6.41. The fourth-order valence-corrected chi connectivity index (χ4v) is 2.23. The summed E-state index contributed by atoms with van der Waals surface area (Å²) in [5.41, 5.74) is 0. The third-order valence-corrected chi connectivity index (χ3v) is 3.23. The van der Waals surface area contributed by atoms with Gasteiger partial charge in [-0.25, -0.2) is 8.78 Å². The van der Waals surface area contributed by atoms with Crippen LogP contribution in [0.15, 0.2) is 18.2 Å². The van der Waals surface area contributed by atoms with E-state index in [9.17, 15) is 8.78 Å². The Hall–Kier alpha value is -2.02. The molecular formula is C13H11ClF2N4O. The molecule has 21 heavy (non-hydrogen) atoms. The molecule has 1 aromatic carbocycles. The van der Waals surface area contributed by atoms with E-state index in [0.717, 1.165) is 44.1 Å². The molecule has 2 heterocycles. The van der Waals surface area contributed by atoms with Crippen molar-refractivity contribution < 1.29 is 13.5 Å².